The van der Waals surface area contributed by atoms with Gasteiger partial charge in [-0.1, -0.05) is 32.9 Å². The molecule has 0 fully saturated rings. The Morgan fingerprint density at radius 1 is 1.36 bits per heavy atom. The number of nitrogens with zero attached hydrogens (tertiary/aromatic N) is 1. The number of amides is 1. The van der Waals surface area contributed by atoms with Crippen LogP contribution in [-0.2, 0) is 11.2 Å². The summed E-state index contributed by atoms with van der Waals surface area (Å²) in [4.78, 5) is 17.5. The quantitative estimate of drug-likeness (QED) is 0.926. The third kappa shape index (κ3) is 4.13. The standard InChI is InChI=1S/C17H21FN2OS/c1-11-14(8-9-19-16(21)17(2,3)4)22-15(20-11)12-6-5-7-13(18)10-12/h5-7,10H,8-9H2,1-4H3,(H,19,21). The summed E-state index contributed by atoms with van der Waals surface area (Å²) >= 11 is 1.55. The molecule has 2 aromatic rings. The van der Waals surface area contributed by atoms with Crippen LogP contribution in [0.1, 0.15) is 31.3 Å². The van der Waals surface area contributed by atoms with E-state index in [1.165, 1.54) is 12.1 Å². The van der Waals surface area contributed by atoms with E-state index in [1.54, 1.807) is 17.4 Å². The highest BCUT2D eigenvalue weighted by Gasteiger charge is 2.20. The van der Waals surface area contributed by atoms with Crippen LogP contribution >= 0.6 is 11.3 Å². The summed E-state index contributed by atoms with van der Waals surface area (Å²) in [6.45, 7) is 8.20. The van der Waals surface area contributed by atoms with Crippen LogP contribution in [-0.4, -0.2) is 17.4 Å². The van der Waals surface area contributed by atoms with Gasteiger partial charge in [-0.3, -0.25) is 4.79 Å². The fourth-order valence-electron chi connectivity index (χ4n) is 1.96. The van der Waals surface area contributed by atoms with E-state index in [4.69, 9.17) is 0 Å². The maximum absolute atomic E-state index is 13.3. The van der Waals surface area contributed by atoms with Gasteiger partial charge in [0.2, 0.25) is 5.91 Å². The molecule has 22 heavy (non-hydrogen) atoms. The highest BCUT2D eigenvalue weighted by Crippen LogP contribution is 2.28. The van der Waals surface area contributed by atoms with Gasteiger partial charge in [0.15, 0.2) is 0 Å². The van der Waals surface area contributed by atoms with Crippen LogP contribution in [0.2, 0.25) is 0 Å². The van der Waals surface area contributed by atoms with Gasteiger partial charge in [0.05, 0.1) is 5.69 Å². The van der Waals surface area contributed by atoms with Crippen molar-refractivity contribution in [2.24, 2.45) is 5.41 Å². The molecule has 1 N–H and O–H groups in total. The molecule has 0 saturated heterocycles. The van der Waals surface area contributed by atoms with Crippen LogP contribution in [0.25, 0.3) is 10.6 Å². The zero-order chi connectivity index (χ0) is 16.3. The zero-order valence-electron chi connectivity index (χ0n) is 13.4. The first kappa shape index (κ1) is 16.6. The largest absolute Gasteiger partial charge is 0.355 e. The predicted molar refractivity (Wildman–Crippen MR) is 88.4 cm³/mol. The highest BCUT2D eigenvalue weighted by molar-refractivity contribution is 7.15. The molecule has 0 spiro atoms. The SMILES string of the molecule is Cc1nc(-c2cccc(F)c2)sc1CCNC(=O)C(C)(C)C. The van der Waals surface area contributed by atoms with Crippen LogP contribution in [0.3, 0.4) is 0 Å². The van der Waals surface area contributed by atoms with Crippen LogP contribution in [0, 0.1) is 18.2 Å². The lowest BCUT2D eigenvalue weighted by Crippen LogP contribution is -2.35. The van der Waals surface area contributed by atoms with E-state index in [9.17, 15) is 9.18 Å². The van der Waals surface area contributed by atoms with E-state index in [0.717, 1.165) is 27.6 Å². The van der Waals surface area contributed by atoms with Crippen molar-refractivity contribution in [1.29, 1.82) is 0 Å². The molecule has 0 atom stereocenters. The highest BCUT2D eigenvalue weighted by atomic mass is 32.1. The molecular weight excluding hydrogens is 299 g/mol. The number of benzene rings is 1. The van der Waals surface area contributed by atoms with E-state index in [1.807, 2.05) is 33.8 Å². The number of hydrogen-bond acceptors (Lipinski definition) is 3. The van der Waals surface area contributed by atoms with Gasteiger partial charge >= 0.3 is 0 Å². The van der Waals surface area contributed by atoms with Crippen molar-refractivity contribution in [1.82, 2.24) is 10.3 Å². The van der Waals surface area contributed by atoms with Crippen LogP contribution < -0.4 is 5.32 Å². The van der Waals surface area contributed by atoms with Gasteiger partial charge < -0.3 is 5.32 Å². The second kappa shape index (κ2) is 6.57. The van der Waals surface area contributed by atoms with Gasteiger partial charge in [-0.2, -0.15) is 0 Å². The number of aromatic nitrogens is 1. The minimum atomic E-state index is -0.379. The number of carbonyl (C=O) groups excluding carboxylic acids is 1. The molecule has 1 heterocycles. The minimum absolute atomic E-state index is 0.0417. The Labute approximate surface area is 134 Å². The fourth-order valence-corrected chi connectivity index (χ4v) is 3.02. The number of halogens is 1. The molecule has 0 aliphatic heterocycles. The second-order valence-electron chi connectivity index (χ2n) is 6.29. The fraction of sp³-hybridized carbons (Fsp3) is 0.412. The Hall–Kier alpha value is -1.75. The van der Waals surface area contributed by atoms with Gasteiger partial charge in [0.1, 0.15) is 10.8 Å². The Kier molecular flexibility index (Phi) is 4.96. The van der Waals surface area contributed by atoms with Crippen molar-refractivity contribution in [2.75, 3.05) is 6.54 Å². The lowest BCUT2D eigenvalue weighted by atomic mass is 9.96. The molecule has 0 radical (unpaired) electrons. The topological polar surface area (TPSA) is 42.0 Å². The van der Waals surface area contributed by atoms with Crippen LogP contribution in [0.15, 0.2) is 24.3 Å². The molecule has 0 aliphatic rings. The maximum Gasteiger partial charge on any atom is 0.225 e. The van der Waals surface area contributed by atoms with Gasteiger partial charge in [-0.15, -0.1) is 11.3 Å². The van der Waals surface area contributed by atoms with Crippen molar-refractivity contribution < 1.29 is 9.18 Å². The molecule has 3 nitrogen and oxygen atoms in total. The number of aryl methyl sites for hydroxylation is 1. The summed E-state index contributed by atoms with van der Waals surface area (Å²) in [5, 5.41) is 3.75. The molecule has 1 aromatic heterocycles. The third-order valence-corrected chi connectivity index (χ3v) is 4.55. The zero-order valence-corrected chi connectivity index (χ0v) is 14.2. The molecule has 0 aliphatic carbocycles. The summed E-state index contributed by atoms with van der Waals surface area (Å²) < 4.78 is 13.3. The van der Waals surface area contributed by atoms with E-state index in [0.29, 0.717) is 6.54 Å². The Morgan fingerprint density at radius 2 is 2.09 bits per heavy atom. The monoisotopic (exact) mass is 320 g/mol. The molecule has 2 rings (SSSR count). The van der Waals surface area contributed by atoms with Gasteiger partial charge in [-0.05, 0) is 19.1 Å². The number of rotatable bonds is 4. The van der Waals surface area contributed by atoms with E-state index >= 15 is 0 Å². The molecule has 1 amide bonds. The average Bonchev–Trinajstić information content (AvgIpc) is 2.79. The van der Waals surface area contributed by atoms with E-state index in [-0.39, 0.29) is 17.1 Å². The number of thiazole rings is 1. The molecule has 118 valence electrons. The maximum atomic E-state index is 13.3. The lowest BCUT2D eigenvalue weighted by Gasteiger charge is -2.17. The van der Waals surface area contributed by atoms with E-state index in [2.05, 4.69) is 10.3 Å². The average molecular weight is 320 g/mol. The van der Waals surface area contributed by atoms with E-state index < -0.39 is 0 Å². The van der Waals surface area contributed by atoms with Crippen molar-refractivity contribution in [2.45, 2.75) is 34.1 Å². The summed E-state index contributed by atoms with van der Waals surface area (Å²) in [6, 6.07) is 6.45. The third-order valence-electron chi connectivity index (χ3n) is 3.28. The van der Waals surface area contributed by atoms with Gasteiger partial charge in [0.25, 0.3) is 0 Å². The number of carbonyl (C=O) groups is 1. The van der Waals surface area contributed by atoms with Crippen molar-refractivity contribution in [3.05, 3.63) is 40.7 Å². The normalized spacial score (nSPS) is 11.5. The molecule has 0 bridgehead atoms. The van der Waals surface area contributed by atoms with Gasteiger partial charge in [-0.25, -0.2) is 9.37 Å². The Morgan fingerprint density at radius 3 is 2.73 bits per heavy atom. The van der Waals surface area contributed by atoms with Crippen molar-refractivity contribution in [3.63, 3.8) is 0 Å². The Balaban J connectivity index is 2.03. The first-order valence-electron chi connectivity index (χ1n) is 7.28. The van der Waals surface area contributed by atoms with Crippen LogP contribution in [0.4, 0.5) is 4.39 Å². The smallest absolute Gasteiger partial charge is 0.225 e. The predicted octanol–water partition coefficient (Wildman–Crippen LogP) is 3.96. The summed E-state index contributed by atoms with van der Waals surface area (Å²) in [7, 11) is 0. The second-order valence-corrected chi connectivity index (χ2v) is 7.38. The Bertz CT molecular complexity index is 674. The molecule has 0 unspecified atom stereocenters. The summed E-state index contributed by atoms with van der Waals surface area (Å²) in [5.74, 6) is -0.218. The first-order valence-corrected chi connectivity index (χ1v) is 8.09. The number of hydrogen-bond donors (Lipinski definition) is 1. The van der Waals surface area contributed by atoms with Crippen LogP contribution in [0.5, 0.6) is 0 Å². The molecule has 5 heteroatoms. The molecule has 0 saturated carbocycles. The first-order chi connectivity index (χ1) is 10.3. The molecular formula is C17H21FN2OS. The summed E-state index contributed by atoms with van der Waals surface area (Å²) in [5.41, 5.74) is 1.35. The van der Waals surface area contributed by atoms with Crippen molar-refractivity contribution in [3.8, 4) is 10.6 Å². The van der Waals surface area contributed by atoms with Crippen molar-refractivity contribution >= 4 is 17.2 Å². The summed E-state index contributed by atoms with van der Waals surface area (Å²) in [6.07, 6.45) is 0.737. The minimum Gasteiger partial charge on any atom is -0.355 e. The molecule has 1 aromatic carbocycles. The lowest BCUT2D eigenvalue weighted by molar-refractivity contribution is -0.128. The number of nitrogens with one attached hydrogen (secondary N) is 1. The van der Waals surface area contributed by atoms with Gasteiger partial charge in [0, 0.05) is 28.8 Å².